The van der Waals surface area contributed by atoms with Crippen LogP contribution < -0.4 is 0 Å². The van der Waals surface area contributed by atoms with Gasteiger partial charge in [0.2, 0.25) is 0 Å². The van der Waals surface area contributed by atoms with E-state index in [1.807, 2.05) is 0 Å². The highest BCUT2D eigenvalue weighted by molar-refractivity contribution is 9.10. The zero-order valence-corrected chi connectivity index (χ0v) is 9.11. The lowest BCUT2D eigenvalue weighted by atomic mass is 10.1. The maximum atomic E-state index is 12.5. The zero-order chi connectivity index (χ0) is 10.7. The molecule has 0 amide bonds. The van der Waals surface area contributed by atoms with Crippen LogP contribution in [-0.2, 0) is 5.88 Å². The smallest absolute Gasteiger partial charge is 0.245 e. The van der Waals surface area contributed by atoms with Gasteiger partial charge in [-0.15, -0.1) is 11.6 Å². The Hall–Kier alpha value is -0.730. The molecule has 0 aliphatic heterocycles. The van der Waals surface area contributed by atoms with E-state index in [1.54, 1.807) is 6.07 Å². The van der Waals surface area contributed by atoms with Gasteiger partial charge in [0.25, 0.3) is 6.43 Å². The summed E-state index contributed by atoms with van der Waals surface area (Å²) in [7, 11) is 0. The van der Waals surface area contributed by atoms with E-state index in [0.29, 0.717) is 5.56 Å². The summed E-state index contributed by atoms with van der Waals surface area (Å²) in [4.78, 5) is 3.59. The number of hydrogen-bond donors (Lipinski definition) is 0. The molecular formula is C8H4BrClF2N2. The molecule has 6 heteroatoms. The average Bonchev–Trinajstić information content (AvgIpc) is 2.16. The Labute approximate surface area is 92.6 Å². The van der Waals surface area contributed by atoms with Crippen LogP contribution in [0.5, 0.6) is 0 Å². The predicted octanol–water partition coefficient (Wildman–Crippen LogP) is 3.39. The minimum Gasteiger partial charge on any atom is -0.245 e. The monoisotopic (exact) mass is 280 g/mol. The number of rotatable bonds is 2. The number of alkyl halides is 3. The molecule has 14 heavy (non-hydrogen) atoms. The average molecular weight is 281 g/mol. The van der Waals surface area contributed by atoms with E-state index in [-0.39, 0.29) is 16.0 Å². The van der Waals surface area contributed by atoms with Crippen LogP contribution in [0.2, 0.25) is 0 Å². The molecule has 1 aromatic heterocycles. The van der Waals surface area contributed by atoms with Crippen molar-refractivity contribution in [1.82, 2.24) is 4.98 Å². The summed E-state index contributed by atoms with van der Waals surface area (Å²) in [5, 5.41) is 8.56. The largest absolute Gasteiger partial charge is 0.267 e. The molecule has 0 spiro atoms. The summed E-state index contributed by atoms with van der Waals surface area (Å²) < 4.78 is 25.2. The van der Waals surface area contributed by atoms with Gasteiger partial charge in [-0.3, -0.25) is 0 Å². The van der Waals surface area contributed by atoms with Gasteiger partial charge in [0.05, 0.1) is 11.4 Å². The first-order chi connectivity index (χ1) is 6.61. The van der Waals surface area contributed by atoms with E-state index in [2.05, 4.69) is 20.9 Å². The Morgan fingerprint density at radius 2 is 2.29 bits per heavy atom. The van der Waals surface area contributed by atoms with Crippen molar-refractivity contribution in [3.05, 3.63) is 27.5 Å². The summed E-state index contributed by atoms with van der Waals surface area (Å²) in [6, 6.07) is 1.60. The molecule has 0 aliphatic rings. The van der Waals surface area contributed by atoms with Crippen LogP contribution in [0.4, 0.5) is 8.78 Å². The molecule has 0 saturated heterocycles. The highest BCUT2D eigenvalue weighted by Gasteiger charge is 2.20. The van der Waals surface area contributed by atoms with Gasteiger partial charge < -0.3 is 0 Å². The van der Waals surface area contributed by atoms with Gasteiger partial charge in [0, 0.05) is 10.7 Å². The van der Waals surface area contributed by atoms with Crippen LogP contribution in [0.15, 0.2) is 10.7 Å². The molecule has 0 aliphatic carbocycles. The Balaban J connectivity index is 3.41. The minimum absolute atomic E-state index is 0.0685. The van der Waals surface area contributed by atoms with Crippen LogP contribution in [0.3, 0.4) is 0 Å². The molecule has 1 rings (SSSR count). The number of hydrogen-bond acceptors (Lipinski definition) is 2. The van der Waals surface area contributed by atoms with Crippen LogP contribution in [0.1, 0.15) is 23.2 Å². The highest BCUT2D eigenvalue weighted by atomic mass is 79.9. The summed E-state index contributed by atoms with van der Waals surface area (Å²) >= 11 is 8.48. The minimum atomic E-state index is -2.74. The van der Waals surface area contributed by atoms with Gasteiger partial charge in [0.1, 0.15) is 11.8 Å². The molecule has 0 N–H and O–H groups in total. The van der Waals surface area contributed by atoms with E-state index >= 15 is 0 Å². The summed E-state index contributed by atoms with van der Waals surface area (Å²) in [6.07, 6.45) is -1.43. The second-order valence-corrected chi connectivity index (χ2v) is 3.47. The molecule has 0 fully saturated rings. The SMILES string of the molecule is N#Cc1ncc(CCl)c(Br)c1C(F)F. The third kappa shape index (κ3) is 2.02. The van der Waals surface area contributed by atoms with Gasteiger partial charge in [-0.05, 0) is 21.5 Å². The lowest BCUT2D eigenvalue weighted by molar-refractivity contribution is 0.149. The first-order valence-corrected chi connectivity index (χ1v) is 4.86. The van der Waals surface area contributed by atoms with Crippen molar-refractivity contribution in [1.29, 1.82) is 5.26 Å². The van der Waals surface area contributed by atoms with Gasteiger partial charge >= 0.3 is 0 Å². The molecule has 74 valence electrons. The quantitative estimate of drug-likeness (QED) is 0.779. The third-order valence-corrected chi connectivity index (χ3v) is 2.82. The normalized spacial score (nSPS) is 10.3. The van der Waals surface area contributed by atoms with Crippen molar-refractivity contribution in [3.8, 4) is 6.07 Å². The van der Waals surface area contributed by atoms with Crippen LogP contribution in [0, 0.1) is 11.3 Å². The molecule has 2 nitrogen and oxygen atoms in total. The summed E-state index contributed by atoms with van der Waals surface area (Å²) in [5.74, 6) is 0.0685. The molecule has 0 unspecified atom stereocenters. The molecule has 0 atom stereocenters. The van der Waals surface area contributed by atoms with Crippen LogP contribution in [0.25, 0.3) is 0 Å². The molecule has 0 bridgehead atoms. The second kappa shape index (κ2) is 4.67. The van der Waals surface area contributed by atoms with E-state index in [4.69, 9.17) is 16.9 Å². The Bertz CT molecular complexity index is 390. The fourth-order valence-corrected chi connectivity index (χ4v) is 1.89. The molecular weight excluding hydrogens is 277 g/mol. The van der Waals surface area contributed by atoms with E-state index < -0.39 is 12.0 Å². The van der Waals surface area contributed by atoms with Crippen molar-refractivity contribution in [2.24, 2.45) is 0 Å². The molecule has 0 aromatic carbocycles. The fourth-order valence-electron chi connectivity index (χ4n) is 0.927. The highest BCUT2D eigenvalue weighted by Crippen LogP contribution is 2.32. The first-order valence-electron chi connectivity index (χ1n) is 3.53. The maximum Gasteiger partial charge on any atom is 0.267 e. The summed E-state index contributed by atoms with van der Waals surface area (Å²) in [5.41, 5.74) is -0.229. The lowest BCUT2D eigenvalue weighted by Crippen LogP contribution is -1.99. The summed E-state index contributed by atoms with van der Waals surface area (Å²) in [6.45, 7) is 0. The van der Waals surface area contributed by atoms with Crippen molar-refractivity contribution < 1.29 is 8.78 Å². The zero-order valence-electron chi connectivity index (χ0n) is 6.77. The Morgan fingerprint density at radius 3 is 2.71 bits per heavy atom. The van der Waals surface area contributed by atoms with Gasteiger partial charge in [0.15, 0.2) is 0 Å². The van der Waals surface area contributed by atoms with Crippen molar-refractivity contribution in [2.75, 3.05) is 0 Å². The van der Waals surface area contributed by atoms with E-state index in [0.717, 1.165) is 0 Å². The third-order valence-electron chi connectivity index (χ3n) is 1.59. The van der Waals surface area contributed by atoms with E-state index in [1.165, 1.54) is 6.20 Å². The van der Waals surface area contributed by atoms with Gasteiger partial charge in [-0.2, -0.15) is 5.26 Å². The van der Waals surface area contributed by atoms with Crippen LogP contribution >= 0.6 is 27.5 Å². The second-order valence-electron chi connectivity index (χ2n) is 2.41. The van der Waals surface area contributed by atoms with Crippen molar-refractivity contribution in [2.45, 2.75) is 12.3 Å². The van der Waals surface area contributed by atoms with Gasteiger partial charge in [-0.25, -0.2) is 13.8 Å². The van der Waals surface area contributed by atoms with E-state index in [9.17, 15) is 8.78 Å². The maximum absolute atomic E-state index is 12.5. The number of nitriles is 1. The Morgan fingerprint density at radius 1 is 1.64 bits per heavy atom. The topological polar surface area (TPSA) is 36.7 Å². The molecule has 0 radical (unpaired) electrons. The molecule has 1 heterocycles. The first kappa shape index (κ1) is 11.3. The lowest BCUT2D eigenvalue weighted by Gasteiger charge is -2.07. The van der Waals surface area contributed by atoms with Gasteiger partial charge in [-0.1, -0.05) is 0 Å². The van der Waals surface area contributed by atoms with Crippen molar-refractivity contribution >= 4 is 27.5 Å². The van der Waals surface area contributed by atoms with Crippen LogP contribution in [-0.4, -0.2) is 4.98 Å². The standard InChI is InChI=1S/C8H4BrClF2N2/c9-7-4(1-10)3-14-5(2-13)6(7)8(11)12/h3,8H,1H2. The number of aromatic nitrogens is 1. The molecule has 0 saturated carbocycles. The fraction of sp³-hybridized carbons (Fsp3) is 0.250. The predicted molar refractivity (Wildman–Crippen MR) is 51.2 cm³/mol. The number of pyridine rings is 1. The van der Waals surface area contributed by atoms with Crippen molar-refractivity contribution in [3.63, 3.8) is 0 Å². The number of halogens is 4. The number of nitrogens with zero attached hydrogens (tertiary/aromatic N) is 2. The molecule has 1 aromatic rings. The Kier molecular flexibility index (Phi) is 3.78.